The van der Waals surface area contributed by atoms with E-state index in [0.29, 0.717) is 0 Å². The molecule has 0 saturated heterocycles. The molecule has 0 radical (unpaired) electrons. The maximum atomic E-state index is 6.22. The highest BCUT2D eigenvalue weighted by molar-refractivity contribution is 7.13. The maximum absolute atomic E-state index is 6.22. The van der Waals surface area contributed by atoms with E-state index >= 15 is 0 Å². The number of imidazole rings is 1. The second-order valence-corrected chi connectivity index (χ2v) is 5.67. The van der Waals surface area contributed by atoms with Crippen LogP contribution in [0.15, 0.2) is 54.4 Å². The fraction of sp³-hybridized carbons (Fsp3) is 0.200. The van der Waals surface area contributed by atoms with Crippen molar-refractivity contribution in [3.05, 3.63) is 60.0 Å². The van der Waals surface area contributed by atoms with Crippen molar-refractivity contribution < 1.29 is 0 Å². The lowest BCUT2D eigenvalue weighted by atomic mass is 10.0. The molecule has 3 aromatic heterocycles. The molecule has 102 valence electrons. The van der Waals surface area contributed by atoms with Gasteiger partial charge in [0.25, 0.3) is 0 Å². The fourth-order valence-corrected chi connectivity index (χ4v) is 3.14. The predicted octanol–water partition coefficient (Wildman–Crippen LogP) is 2.94. The van der Waals surface area contributed by atoms with Crippen molar-refractivity contribution in [2.24, 2.45) is 5.73 Å². The van der Waals surface area contributed by atoms with Gasteiger partial charge in [-0.25, -0.2) is 4.98 Å². The highest BCUT2D eigenvalue weighted by Crippen LogP contribution is 2.29. The lowest BCUT2D eigenvalue weighted by molar-refractivity contribution is 0.500. The van der Waals surface area contributed by atoms with Crippen LogP contribution in [0.4, 0.5) is 0 Å². The van der Waals surface area contributed by atoms with Crippen molar-refractivity contribution in [3.63, 3.8) is 0 Å². The maximum Gasteiger partial charge on any atom is 0.150 e. The Morgan fingerprint density at radius 3 is 2.65 bits per heavy atom. The quantitative estimate of drug-likeness (QED) is 0.801. The number of aromatic nitrogens is 3. The number of rotatable bonds is 4. The molecule has 2 atom stereocenters. The molecule has 3 aromatic rings. The first-order valence-corrected chi connectivity index (χ1v) is 7.37. The highest BCUT2D eigenvalue weighted by Gasteiger charge is 2.21. The third-order valence-corrected chi connectivity index (χ3v) is 4.12. The van der Waals surface area contributed by atoms with Crippen LogP contribution < -0.4 is 5.73 Å². The van der Waals surface area contributed by atoms with Gasteiger partial charge in [0.2, 0.25) is 0 Å². The minimum Gasteiger partial charge on any atom is -0.326 e. The zero-order chi connectivity index (χ0) is 13.9. The lowest BCUT2D eigenvalue weighted by Gasteiger charge is -2.24. The molecule has 0 aliphatic heterocycles. The van der Waals surface area contributed by atoms with E-state index in [4.69, 9.17) is 5.73 Å². The monoisotopic (exact) mass is 284 g/mol. The Hall–Kier alpha value is -1.98. The van der Waals surface area contributed by atoms with Gasteiger partial charge in [-0.3, -0.25) is 4.98 Å². The molecule has 3 heterocycles. The molecule has 0 aliphatic carbocycles. The zero-order valence-electron chi connectivity index (χ0n) is 11.2. The van der Waals surface area contributed by atoms with Gasteiger partial charge in [0.15, 0.2) is 5.82 Å². The molecule has 2 unspecified atom stereocenters. The van der Waals surface area contributed by atoms with E-state index in [0.717, 1.165) is 16.3 Å². The van der Waals surface area contributed by atoms with Gasteiger partial charge in [0, 0.05) is 30.8 Å². The summed E-state index contributed by atoms with van der Waals surface area (Å²) in [4.78, 5) is 9.71. The summed E-state index contributed by atoms with van der Waals surface area (Å²) >= 11 is 1.68. The standard InChI is InChI=1S/C15H16N4S/c1-11(16)14(12-4-6-17-7-5-12)19-9-8-18-15(19)13-3-2-10-20-13/h2-11,14H,16H2,1H3. The number of nitrogens with two attached hydrogens (primary N) is 1. The molecule has 0 fully saturated rings. The third kappa shape index (κ3) is 2.37. The first-order chi connectivity index (χ1) is 9.77. The first kappa shape index (κ1) is 13.0. The summed E-state index contributed by atoms with van der Waals surface area (Å²) in [6, 6.07) is 8.15. The molecule has 0 aliphatic rings. The molecule has 5 heteroatoms. The fourth-order valence-electron chi connectivity index (χ4n) is 2.41. The minimum absolute atomic E-state index is 0.0229. The number of hydrogen-bond acceptors (Lipinski definition) is 4. The molecular formula is C15H16N4S. The normalized spacial score (nSPS) is 14.1. The molecule has 0 aromatic carbocycles. The van der Waals surface area contributed by atoms with Gasteiger partial charge in [-0.05, 0) is 36.1 Å². The van der Waals surface area contributed by atoms with Gasteiger partial charge in [0.1, 0.15) is 0 Å². The Kier molecular flexibility index (Phi) is 3.62. The SMILES string of the molecule is CC(N)C(c1ccncc1)n1ccnc1-c1cccs1. The summed E-state index contributed by atoms with van der Waals surface area (Å²) in [6.45, 7) is 2.02. The smallest absolute Gasteiger partial charge is 0.150 e. The molecule has 3 rings (SSSR count). The molecule has 0 amide bonds. The summed E-state index contributed by atoms with van der Waals surface area (Å²) in [5.41, 5.74) is 7.36. The zero-order valence-corrected chi connectivity index (χ0v) is 12.0. The molecule has 0 spiro atoms. The number of hydrogen-bond donors (Lipinski definition) is 1. The lowest BCUT2D eigenvalue weighted by Crippen LogP contribution is -2.30. The van der Waals surface area contributed by atoms with Crippen molar-refractivity contribution in [2.75, 3.05) is 0 Å². The van der Waals surface area contributed by atoms with Gasteiger partial charge in [0.05, 0.1) is 10.9 Å². The van der Waals surface area contributed by atoms with E-state index in [1.165, 1.54) is 0 Å². The van der Waals surface area contributed by atoms with Crippen LogP contribution in [0.1, 0.15) is 18.5 Å². The van der Waals surface area contributed by atoms with Gasteiger partial charge in [-0.1, -0.05) is 6.07 Å². The first-order valence-electron chi connectivity index (χ1n) is 6.49. The Balaban J connectivity index is 2.08. The number of thiophene rings is 1. The Labute approximate surface area is 121 Å². The summed E-state index contributed by atoms with van der Waals surface area (Å²) in [6.07, 6.45) is 7.41. The van der Waals surface area contributed by atoms with E-state index in [1.54, 1.807) is 23.7 Å². The van der Waals surface area contributed by atoms with Gasteiger partial charge in [-0.15, -0.1) is 11.3 Å². The summed E-state index contributed by atoms with van der Waals surface area (Å²) < 4.78 is 2.14. The van der Waals surface area contributed by atoms with E-state index < -0.39 is 0 Å². The molecule has 20 heavy (non-hydrogen) atoms. The van der Waals surface area contributed by atoms with Crippen LogP contribution in [0.2, 0.25) is 0 Å². The van der Waals surface area contributed by atoms with Crippen molar-refractivity contribution >= 4 is 11.3 Å². The average Bonchev–Trinajstić information content (AvgIpc) is 3.09. The molecule has 4 nitrogen and oxygen atoms in total. The number of pyridine rings is 1. The van der Waals surface area contributed by atoms with Crippen molar-refractivity contribution in [1.82, 2.24) is 14.5 Å². The van der Waals surface area contributed by atoms with Crippen molar-refractivity contribution in [2.45, 2.75) is 19.0 Å². The van der Waals surface area contributed by atoms with E-state index in [-0.39, 0.29) is 12.1 Å². The predicted molar refractivity (Wildman–Crippen MR) is 81.6 cm³/mol. The Morgan fingerprint density at radius 1 is 1.20 bits per heavy atom. The Morgan fingerprint density at radius 2 is 2.00 bits per heavy atom. The Bertz CT molecular complexity index is 658. The average molecular weight is 284 g/mol. The highest BCUT2D eigenvalue weighted by atomic mass is 32.1. The van der Waals surface area contributed by atoms with Gasteiger partial charge < -0.3 is 10.3 Å². The van der Waals surface area contributed by atoms with Crippen LogP contribution in [-0.4, -0.2) is 20.6 Å². The van der Waals surface area contributed by atoms with Gasteiger partial charge in [-0.2, -0.15) is 0 Å². The molecular weight excluding hydrogens is 268 g/mol. The summed E-state index contributed by atoms with van der Waals surface area (Å²) in [7, 11) is 0. The summed E-state index contributed by atoms with van der Waals surface area (Å²) in [5, 5.41) is 2.06. The van der Waals surface area contributed by atoms with Crippen LogP contribution >= 0.6 is 11.3 Å². The van der Waals surface area contributed by atoms with E-state index in [1.807, 2.05) is 37.5 Å². The van der Waals surface area contributed by atoms with Crippen LogP contribution in [0.25, 0.3) is 10.7 Å². The van der Waals surface area contributed by atoms with Crippen molar-refractivity contribution in [1.29, 1.82) is 0 Å². The van der Waals surface area contributed by atoms with Crippen LogP contribution in [0.5, 0.6) is 0 Å². The van der Waals surface area contributed by atoms with Crippen molar-refractivity contribution in [3.8, 4) is 10.7 Å². The van der Waals surface area contributed by atoms with Crippen LogP contribution in [-0.2, 0) is 0 Å². The molecule has 2 N–H and O–H groups in total. The van der Waals surface area contributed by atoms with E-state index in [9.17, 15) is 0 Å². The minimum atomic E-state index is -0.0229. The van der Waals surface area contributed by atoms with Gasteiger partial charge >= 0.3 is 0 Å². The topological polar surface area (TPSA) is 56.7 Å². The van der Waals surface area contributed by atoms with E-state index in [2.05, 4.69) is 26.0 Å². The van der Waals surface area contributed by atoms with Crippen LogP contribution in [0.3, 0.4) is 0 Å². The number of nitrogens with zero attached hydrogens (tertiary/aromatic N) is 3. The largest absolute Gasteiger partial charge is 0.326 e. The molecule has 0 saturated carbocycles. The summed E-state index contributed by atoms with van der Waals surface area (Å²) in [5.74, 6) is 0.958. The second-order valence-electron chi connectivity index (χ2n) is 4.72. The second kappa shape index (κ2) is 5.56. The molecule has 0 bridgehead atoms. The van der Waals surface area contributed by atoms with Crippen LogP contribution in [0, 0.1) is 0 Å². The third-order valence-electron chi connectivity index (χ3n) is 3.26.